The van der Waals surface area contributed by atoms with Gasteiger partial charge in [-0.1, -0.05) is 0 Å². The van der Waals surface area contributed by atoms with Crippen molar-refractivity contribution in [2.45, 2.75) is 19.9 Å². The summed E-state index contributed by atoms with van der Waals surface area (Å²) in [5.41, 5.74) is 2.38. The molecule has 0 aromatic carbocycles. The maximum atomic E-state index is 4.57. The van der Waals surface area contributed by atoms with Crippen LogP contribution >= 0.6 is 0 Å². The normalized spacial score (nSPS) is 16.9. The molecule has 0 saturated carbocycles. The van der Waals surface area contributed by atoms with Gasteiger partial charge in [0.25, 0.3) is 0 Å². The SMILES string of the molecule is Cc1nc(N(C)C2CNC2)n(C)c1C. The van der Waals surface area contributed by atoms with E-state index in [4.69, 9.17) is 0 Å². The van der Waals surface area contributed by atoms with E-state index in [1.54, 1.807) is 0 Å². The number of aryl methyl sites for hydroxylation is 1. The summed E-state index contributed by atoms with van der Waals surface area (Å²) in [6.45, 7) is 6.31. The van der Waals surface area contributed by atoms with Gasteiger partial charge in [0, 0.05) is 32.9 Å². The molecule has 1 aliphatic rings. The van der Waals surface area contributed by atoms with E-state index >= 15 is 0 Å². The molecule has 14 heavy (non-hydrogen) atoms. The van der Waals surface area contributed by atoms with Crippen molar-refractivity contribution in [1.29, 1.82) is 0 Å². The third-order valence-electron chi connectivity index (χ3n) is 3.22. The number of nitrogens with one attached hydrogen (secondary N) is 1. The van der Waals surface area contributed by atoms with Crippen molar-refractivity contribution in [3.63, 3.8) is 0 Å². The van der Waals surface area contributed by atoms with Gasteiger partial charge in [0.1, 0.15) is 0 Å². The lowest BCUT2D eigenvalue weighted by Crippen LogP contribution is -2.56. The first kappa shape index (κ1) is 9.52. The Morgan fingerprint density at radius 1 is 1.43 bits per heavy atom. The quantitative estimate of drug-likeness (QED) is 0.742. The molecule has 0 atom stereocenters. The number of anilines is 1. The Hall–Kier alpha value is -1.03. The topological polar surface area (TPSA) is 33.1 Å². The number of imidazole rings is 1. The predicted molar refractivity (Wildman–Crippen MR) is 57.7 cm³/mol. The van der Waals surface area contributed by atoms with Crippen LogP contribution in [0.4, 0.5) is 5.95 Å². The Morgan fingerprint density at radius 2 is 2.07 bits per heavy atom. The Balaban J connectivity index is 2.26. The van der Waals surface area contributed by atoms with Crippen LogP contribution in [0.5, 0.6) is 0 Å². The summed E-state index contributed by atoms with van der Waals surface area (Å²) in [7, 11) is 4.19. The van der Waals surface area contributed by atoms with Gasteiger partial charge < -0.3 is 14.8 Å². The molecule has 4 nitrogen and oxygen atoms in total. The minimum absolute atomic E-state index is 0.606. The smallest absolute Gasteiger partial charge is 0.205 e. The second-order valence-corrected chi connectivity index (χ2v) is 4.06. The molecule has 1 saturated heterocycles. The van der Waals surface area contributed by atoms with Gasteiger partial charge in [0.2, 0.25) is 5.95 Å². The Morgan fingerprint density at radius 3 is 2.43 bits per heavy atom. The molecule has 0 spiro atoms. The van der Waals surface area contributed by atoms with E-state index in [9.17, 15) is 0 Å². The Kier molecular flexibility index (Phi) is 2.23. The Bertz CT molecular complexity index is 338. The highest BCUT2D eigenvalue weighted by Gasteiger charge is 2.24. The zero-order valence-electron chi connectivity index (χ0n) is 9.33. The van der Waals surface area contributed by atoms with Crippen LogP contribution in [0.25, 0.3) is 0 Å². The number of hydrogen-bond donors (Lipinski definition) is 1. The molecule has 2 rings (SSSR count). The summed E-state index contributed by atoms with van der Waals surface area (Å²) < 4.78 is 2.16. The molecule has 1 N–H and O–H groups in total. The number of aromatic nitrogens is 2. The largest absolute Gasteiger partial charge is 0.340 e. The van der Waals surface area contributed by atoms with Gasteiger partial charge in [0.05, 0.1) is 11.7 Å². The molecule has 0 radical (unpaired) electrons. The second-order valence-electron chi connectivity index (χ2n) is 4.06. The first-order valence-electron chi connectivity index (χ1n) is 5.04. The summed E-state index contributed by atoms with van der Waals surface area (Å²) >= 11 is 0. The van der Waals surface area contributed by atoms with Gasteiger partial charge in [-0.3, -0.25) is 0 Å². The molecule has 2 heterocycles. The van der Waals surface area contributed by atoms with Crippen molar-refractivity contribution in [3.8, 4) is 0 Å². The van der Waals surface area contributed by atoms with Crippen molar-refractivity contribution in [2.24, 2.45) is 7.05 Å². The fourth-order valence-corrected chi connectivity index (χ4v) is 1.72. The zero-order chi connectivity index (χ0) is 10.3. The summed E-state index contributed by atoms with van der Waals surface area (Å²) in [5.74, 6) is 1.08. The molecule has 1 aromatic rings. The maximum Gasteiger partial charge on any atom is 0.205 e. The van der Waals surface area contributed by atoms with Crippen LogP contribution in [0, 0.1) is 13.8 Å². The molecule has 1 fully saturated rings. The van der Waals surface area contributed by atoms with E-state index in [0.717, 1.165) is 24.7 Å². The van der Waals surface area contributed by atoms with Gasteiger partial charge in [-0.05, 0) is 13.8 Å². The van der Waals surface area contributed by atoms with Crippen LogP contribution in [-0.2, 0) is 7.05 Å². The van der Waals surface area contributed by atoms with E-state index in [0.29, 0.717) is 6.04 Å². The third-order valence-corrected chi connectivity index (χ3v) is 3.22. The van der Waals surface area contributed by atoms with Crippen molar-refractivity contribution in [1.82, 2.24) is 14.9 Å². The number of hydrogen-bond acceptors (Lipinski definition) is 3. The van der Waals surface area contributed by atoms with E-state index in [2.05, 4.69) is 47.7 Å². The highest BCUT2D eigenvalue weighted by molar-refractivity contribution is 5.37. The average Bonchev–Trinajstić information content (AvgIpc) is 2.30. The number of likely N-dealkylation sites (N-methyl/N-ethyl adjacent to an activating group) is 1. The zero-order valence-corrected chi connectivity index (χ0v) is 9.33. The van der Waals surface area contributed by atoms with Crippen LogP contribution in [0.1, 0.15) is 11.4 Å². The summed E-state index contributed by atoms with van der Waals surface area (Å²) in [4.78, 5) is 6.83. The van der Waals surface area contributed by atoms with Crippen molar-refractivity contribution in [2.75, 3.05) is 25.0 Å². The van der Waals surface area contributed by atoms with E-state index in [-0.39, 0.29) is 0 Å². The molecule has 0 amide bonds. The van der Waals surface area contributed by atoms with Crippen molar-refractivity contribution >= 4 is 5.95 Å². The van der Waals surface area contributed by atoms with E-state index in [1.165, 1.54) is 5.69 Å². The van der Waals surface area contributed by atoms with Crippen molar-refractivity contribution < 1.29 is 0 Å². The van der Waals surface area contributed by atoms with Crippen LogP contribution in [0.2, 0.25) is 0 Å². The van der Waals surface area contributed by atoms with Gasteiger partial charge in [-0.2, -0.15) is 0 Å². The number of rotatable bonds is 2. The van der Waals surface area contributed by atoms with Crippen LogP contribution in [0.15, 0.2) is 0 Å². The molecular formula is C10H18N4. The monoisotopic (exact) mass is 194 g/mol. The summed E-state index contributed by atoms with van der Waals surface area (Å²) in [5, 5.41) is 3.27. The van der Waals surface area contributed by atoms with Gasteiger partial charge in [-0.15, -0.1) is 0 Å². The predicted octanol–water partition coefficient (Wildman–Crippen LogP) is 0.445. The fourth-order valence-electron chi connectivity index (χ4n) is 1.72. The standard InChI is InChI=1S/C10H18N4/c1-7-8(2)13(3)10(12-7)14(4)9-5-11-6-9/h9,11H,5-6H2,1-4H3. The molecular weight excluding hydrogens is 176 g/mol. The van der Waals surface area contributed by atoms with Crippen LogP contribution in [0.3, 0.4) is 0 Å². The fraction of sp³-hybridized carbons (Fsp3) is 0.700. The van der Waals surface area contributed by atoms with Crippen LogP contribution < -0.4 is 10.2 Å². The highest BCUT2D eigenvalue weighted by atomic mass is 15.3. The lowest BCUT2D eigenvalue weighted by Gasteiger charge is -2.36. The molecule has 1 aromatic heterocycles. The average molecular weight is 194 g/mol. The van der Waals surface area contributed by atoms with Gasteiger partial charge in [0.15, 0.2) is 0 Å². The Labute approximate surface area is 84.9 Å². The van der Waals surface area contributed by atoms with Gasteiger partial charge >= 0.3 is 0 Å². The van der Waals surface area contributed by atoms with Gasteiger partial charge in [-0.25, -0.2) is 4.98 Å². The molecule has 78 valence electrons. The van der Waals surface area contributed by atoms with E-state index < -0.39 is 0 Å². The molecule has 4 heteroatoms. The number of nitrogens with zero attached hydrogens (tertiary/aromatic N) is 3. The minimum Gasteiger partial charge on any atom is -0.340 e. The first-order chi connectivity index (χ1) is 6.61. The third kappa shape index (κ3) is 1.30. The van der Waals surface area contributed by atoms with E-state index in [1.807, 2.05) is 0 Å². The summed E-state index contributed by atoms with van der Waals surface area (Å²) in [6.07, 6.45) is 0. The summed E-state index contributed by atoms with van der Waals surface area (Å²) in [6, 6.07) is 0.606. The lowest BCUT2D eigenvalue weighted by atomic mass is 10.1. The molecule has 1 aliphatic heterocycles. The van der Waals surface area contributed by atoms with Crippen molar-refractivity contribution in [3.05, 3.63) is 11.4 Å². The van der Waals surface area contributed by atoms with Crippen LogP contribution in [-0.4, -0.2) is 35.7 Å². The minimum atomic E-state index is 0.606. The second kappa shape index (κ2) is 3.28. The maximum absolute atomic E-state index is 4.57. The molecule has 0 bridgehead atoms. The molecule has 0 aliphatic carbocycles. The first-order valence-corrected chi connectivity index (χ1v) is 5.04. The lowest BCUT2D eigenvalue weighted by molar-refractivity contribution is 0.422. The highest BCUT2D eigenvalue weighted by Crippen LogP contribution is 2.18. The molecule has 0 unspecified atom stereocenters.